The molecule has 0 amide bonds. The predicted octanol–water partition coefficient (Wildman–Crippen LogP) is 3.69. The summed E-state index contributed by atoms with van der Waals surface area (Å²) >= 11 is 0. The standard InChI is InChI=1S/C16H22O4/c1-13(17)14-8-10-15(11-9-14)20-12-6-4-2-3-5-7-16(18)19/h8-11H,2-7,12H2,1H3,(H,18,19). The van der Waals surface area contributed by atoms with Crippen molar-refractivity contribution in [3.8, 4) is 5.75 Å². The van der Waals surface area contributed by atoms with E-state index in [1.165, 1.54) is 0 Å². The number of benzene rings is 1. The van der Waals surface area contributed by atoms with Gasteiger partial charge in [-0.15, -0.1) is 0 Å². The molecule has 0 aliphatic carbocycles. The maximum Gasteiger partial charge on any atom is 0.303 e. The first kappa shape index (κ1) is 16.2. The van der Waals surface area contributed by atoms with Gasteiger partial charge in [0.05, 0.1) is 6.61 Å². The fourth-order valence-corrected chi connectivity index (χ4v) is 1.88. The van der Waals surface area contributed by atoms with Gasteiger partial charge in [0.2, 0.25) is 0 Å². The number of carboxylic acids is 1. The maximum atomic E-state index is 11.1. The average Bonchev–Trinajstić information content (AvgIpc) is 2.42. The normalized spacial score (nSPS) is 10.2. The number of unbranched alkanes of at least 4 members (excludes halogenated alkanes) is 4. The van der Waals surface area contributed by atoms with Gasteiger partial charge in [0.15, 0.2) is 5.78 Å². The third-order valence-corrected chi connectivity index (χ3v) is 3.06. The van der Waals surface area contributed by atoms with E-state index in [1.54, 1.807) is 19.1 Å². The molecule has 0 atom stereocenters. The van der Waals surface area contributed by atoms with Gasteiger partial charge in [-0.05, 0) is 44.0 Å². The summed E-state index contributed by atoms with van der Waals surface area (Å²) in [5.74, 6) is 0.112. The van der Waals surface area contributed by atoms with Crippen molar-refractivity contribution in [3.63, 3.8) is 0 Å². The fourth-order valence-electron chi connectivity index (χ4n) is 1.88. The van der Waals surface area contributed by atoms with Crippen LogP contribution < -0.4 is 4.74 Å². The Kier molecular flexibility index (Phi) is 7.40. The maximum absolute atomic E-state index is 11.1. The summed E-state index contributed by atoms with van der Waals surface area (Å²) in [7, 11) is 0. The van der Waals surface area contributed by atoms with Crippen LogP contribution in [0.4, 0.5) is 0 Å². The second kappa shape index (κ2) is 9.13. The average molecular weight is 278 g/mol. The van der Waals surface area contributed by atoms with Gasteiger partial charge in [-0.1, -0.05) is 19.3 Å². The number of rotatable bonds is 10. The van der Waals surface area contributed by atoms with Crippen molar-refractivity contribution in [1.82, 2.24) is 0 Å². The van der Waals surface area contributed by atoms with Crippen LogP contribution in [-0.2, 0) is 4.79 Å². The number of ether oxygens (including phenoxy) is 1. The zero-order valence-corrected chi connectivity index (χ0v) is 11.9. The van der Waals surface area contributed by atoms with E-state index < -0.39 is 5.97 Å². The molecule has 0 bridgehead atoms. The third kappa shape index (κ3) is 6.92. The Morgan fingerprint density at radius 3 is 2.20 bits per heavy atom. The zero-order chi connectivity index (χ0) is 14.8. The van der Waals surface area contributed by atoms with Gasteiger partial charge in [-0.3, -0.25) is 9.59 Å². The smallest absolute Gasteiger partial charge is 0.303 e. The number of carbonyl (C=O) groups excluding carboxylic acids is 1. The van der Waals surface area contributed by atoms with Crippen LogP contribution in [-0.4, -0.2) is 23.5 Å². The lowest BCUT2D eigenvalue weighted by molar-refractivity contribution is -0.137. The SMILES string of the molecule is CC(=O)c1ccc(OCCCCCCCC(=O)O)cc1. The highest BCUT2D eigenvalue weighted by Gasteiger charge is 2.00. The molecule has 0 saturated heterocycles. The molecule has 110 valence electrons. The molecule has 0 aromatic heterocycles. The first-order chi connectivity index (χ1) is 9.59. The van der Waals surface area contributed by atoms with E-state index in [0.717, 1.165) is 37.9 Å². The van der Waals surface area contributed by atoms with Gasteiger partial charge >= 0.3 is 5.97 Å². The minimum atomic E-state index is -0.720. The van der Waals surface area contributed by atoms with Gasteiger partial charge in [-0.25, -0.2) is 0 Å². The molecule has 0 saturated carbocycles. The number of carboxylic acid groups (broad SMARTS) is 1. The highest BCUT2D eigenvalue weighted by Crippen LogP contribution is 2.13. The summed E-state index contributed by atoms with van der Waals surface area (Å²) in [4.78, 5) is 21.4. The molecule has 0 aliphatic heterocycles. The van der Waals surface area contributed by atoms with Crippen LogP contribution in [0.3, 0.4) is 0 Å². The number of hydrogen-bond donors (Lipinski definition) is 1. The highest BCUT2D eigenvalue weighted by atomic mass is 16.5. The second-order valence-electron chi connectivity index (χ2n) is 4.84. The Hall–Kier alpha value is -1.84. The molecular formula is C16H22O4. The van der Waals surface area contributed by atoms with E-state index in [9.17, 15) is 9.59 Å². The monoisotopic (exact) mass is 278 g/mol. The first-order valence-electron chi connectivity index (χ1n) is 7.05. The summed E-state index contributed by atoms with van der Waals surface area (Å²) in [6.45, 7) is 2.19. The quantitative estimate of drug-likeness (QED) is 0.523. The van der Waals surface area contributed by atoms with Gasteiger partial charge in [0.1, 0.15) is 5.75 Å². The lowest BCUT2D eigenvalue weighted by Crippen LogP contribution is -1.98. The number of carbonyl (C=O) groups is 2. The molecule has 1 aromatic rings. The highest BCUT2D eigenvalue weighted by molar-refractivity contribution is 5.94. The molecule has 1 aromatic carbocycles. The van der Waals surface area contributed by atoms with Crippen molar-refractivity contribution in [2.45, 2.75) is 45.4 Å². The minimum absolute atomic E-state index is 0.0536. The van der Waals surface area contributed by atoms with Crippen LogP contribution in [0.2, 0.25) is 0 Å². The Balaban J connectivity index is 2.06. The van der Waals surface area contributed by atoms with E-state index in [1.807, 2.05) is 12.1 Å². The van der Waals surface area contributed by atoms with Crippen LogP contribution in [0.1, 0.15) is 55.8 Å². The Morgan fingerprint density at radius 2 is 1.60 bits per heavy atom. The van der Waals surface area contributed by atoms with Gasteiger partial charge in [0.25, 0.3) is 0 Å². The molecule has 0 unspecified atom stereocenters. The second-order valence-corrected chi connectivity index (χ2v) is 4.84. The van der Waals surface area contributed by atoms with Crippen molar-refractivity contribution in [1.29, 1.82) is 0 Å². The van der Waals surface area contributed by atoms with Gasteiger partial charge in [0, 0.05) is 12.0 Å². The molecule has 0 aliphatic rings. The van der Waals surface area contributed by atoms with Crippen molar-refractivity contribution >= 4 is 11.8 Å². The lowest BCUT2D eigenvalue weighted by atomic mass is 10.1. The van der Waals surface area contributed by atoms with Crippen LogP contribution in [0.5, 0.6) is 5.75 Å². The predicted molar refractivity (Wildman–Crippen MR) is 77.3 cm³/mol. The van der Waals surface area contributed by atoms with Crippen molar-refractivity contribution in [2.75, 3.05) is 6.61 Å². The molecule has 1 rings (SSSR count). The van der Waals surface area contributed by atoms with E-state index in [0.29, 0.717) is 12.2 Å². The van der Waals surface area contributed by atoms with Crippen molar-refractivity contribution < 1.29 is 19.4 Å². The van der Waals surface area contributed by atoms with E-state index >= 15 is 0 Å². The molecule has 1 N–H and O–H groups in total. The lowest BCUT2D eigenvalue weighted by Gasteiger charge is -2.06. The largest absolute Gasteiger partial charge is 0.494 e. The van der Waals surface area contributed by atoms with Crippen LogP contribution in [0.25, 0.3) is 0 Å². The van der Waals surface area contributed by atoms with Gasteiger partial charge in [-0.2, -0.15) is 0 Å². The molecule has 0 fully saturated rings. The van der Waals surface area contributed by atoms with Crippen LogP contribution in [0.15, 0.2) is 24.3 Å². The Morgan fingerprint density at radius 1 is 1.00 bits per heavy atom. The first-order valence-corrected chi connectivity index (χ1v) is 7.05. The summed E-state index contributed by atoms with van der Waals surface area (Å²) < 4.78 is 5.58. The van der Waals surface area contributed by atoms with E-state index in [-0.39, 0.29) is 12.2 Å². The van der Waals surface area contributed by atoms with Gasteiger partial charge < -0.3 is 9.84 Å². The fraction of sp³-hybridized carbons (Fsp3) is 0.500. The summed E-state index contributed by atoms with van der Waals surface area (Å²) in [6.07, 6.45) is 5.02. The van der Waals surface area contributed by atoms with Crippen LogP contribution >= 0.6 is 0 Å². The van der Waals surface area contributed by atoms with Crippen molar-refractivity contribution in [3.05, 3.63) is 29.8 Å². The summed E-state index contributed by atoms with van der Waals surface area (Å²) in [5, 5.41) is 8.49. The molecule has 20 heavy (non-hydrogen) atoms. The number of aliphatic carboxylic acids is 1. The number of ketones is 1. The molecule has 0 spiro atoms. The Labute approximate surface area is 119 Å². The number of Topliss-reactive ketones (excluding diaryl/α,β-unsaturated/α-hetero) is 1. The summed E-state index contributed by atoms with van der Waals surface area (Å²) in [5.41, 5.74) is 0.691. The van der Waals surface area contributed by atoms with E-state index in [2.05, 4.69) is 0 Å². The number of hydrogen-bond acceptors (Lipinski definition) is 3. The third-order valence-electron chi connectivity index (χ3n) is 3.06. The van der Waals surface area contributed by atoms with E-state index in [4.69, 9.17) is 9.84 Å². The molecule has 4 nitrogen and oxygen atoms in total. The summed E-state index contributed by atoms with van der Waals surface area (Å²) in [6, 6.07) is 7.15. The molecule has 4 heteroatoms. The zero-order valence-electron chi connectivity index (χ0n) is 11.9. The molecule has 0 radical (unpaired) electrons. The Bertz CT molecular complexity index is 423. The minimum Gasteiger partial charge on any atom is -0.494 e. The van der Waals surface area contributed by atoms with Crippen molar-refractivity contribution in [2.24, 2.45) is 0 Å². The van der Waals surface area contributed by atoms with Crippen LogP contribution in [0, 0.1) is 0 Å². The molecule has 0 heterocycles. The molecular weight excluding hydrogens is 256 g/mol. The topological polar surface area (TPSA) is 63.6 Å².